The molecule has 1 aromatic carbocycles. The first-order valence-corrected chi connectivity index (χ1v) is 10.3. The molecule has 1 aromatic rings. The fourth-order valence-corrected chi connectivity index (χ4v) is 2.58. The number of hydrogen-bond donors (Lipinski definition) is 3. The minimum atomic E-state index is -4.57. The van der Waals surface area contributed by atoms with Crippen LogP contribution in [0.15, 0.2) is 23.2 Å². The quantitative estimate of drug-likeness (QED) is 0.274. The van der Waals surface area contributed by atoms with E-state index < -0.39 is 27.4 Å². The Kier molecular flexibility index (Phi) is 10.7. The Balaban J connectivity index is 0.00000784. The third-order valence-corrected chi connectivity index (χ3v) is 4.01. The van der Waals surface area contributed by atoms with E-state index in [9.17, 15) is 21.6 Å². The normalized spacial score (nSPS) is 12.9. The molecule has 0 saturated carbocycles. The fourth-order valence-electron chi connectivity index (χ4n) is 2.19. The first-order chi connectivity index (χ1) is 12.7. The number of primary sulfonamides is 1. The summed E-state index contributed by atoms with van der Waals surface area (Å²) < 4.78 is 67.8. The molecule has 168 valence electrons. The Bertz CT molecular complexity index is 794. The molecular formula is C17H28F3IN4O3S. The van der Waals surface area contributed by atoms with Gasteiger partial charge in [0.25, 0.3) is 0 Å². The Morgan fingerprint density at radius 3 is 2.31 bits per heavy atom. The van der Waals surface area contributed by atoms with E-state index in [0.29, 0.717) is 6.54 Å². The predicted octanol–water partition coefficient (Wildman–Crippen LogP) is 2.84. The summed E-state index contributed by atoms with van der Waals surface area (Å²) in [4.78, 5) is 4.10. The van der Waals surface area contributed by atoms with Crippen molar-refractivity contribution in [3.8, 4) is 5.75 Å². The topological polar surface area (TPSA) is 106 Å². The van der Waals surface area contributed by atoms with Crippen molar-refractivity contribution in [2.45, 2.75) is 46.0 Å². The van der Waals surface area contributed by atoms with E-state index in [-0.39, 0.29) is 60.1 Å². The zero-order chi connectivity index (χ0) is 21.6. The zero-order valence-corrected chi connectivity index (χ0v) is 19.9. The second-order valence-corrected chi connectivity index (χ2v) is 8.75. The van der Waals surface area contributed by atoms with Gasteiger partial charge in [-0.1, -0.05) is 6.07 Å². The van der Waals surface area contributed by atoms with E-state index in [1.165, 1.54) is 12.1 Å². The van der Waals surface area contributed by atoms with Gasteiger partial charge in [0.05, 0.1) is 17.9 Å². The molecule has 0 aliphatic heterocycles. The lowest BCUT2D eigenvalue weighted by molar-refractivity contribution is -0.138. The minimum Gasteiger partial charge on any atom is -0.488 e. The summed E-state index contributed by atoms with van der Waals surface area (Å²) in [5.74, 6) is -0.0237. The number of sulfonamides is 1. The second kappa shape index (κ2) is 11.2. The van der Waals surface area contributed by atoms with Gasteiger partial charge in [-0.2, -0.15) is 13.2 Å². The maximum Gasteiger partial charge on any atom is 0.416 e. The number of benzene rings is 1. The molecule has 1 rings (SSSR count). The summed E-state index contributed by atoms with van der Waals surface area (Å²) in [6.45, 7) is 7.18. The van der Waals surface area contributed by atoms with Crippen LogP contribution in [0, 0.1) is 0 Å². The fraction of sp³-hybridized carbons (Fsp3) is 0.588. The van der Waals surface area contributed by atoms with Gasteiger partial charge in [-0.3, -0.25) is 0 Å². The van der Waals surface area contributed by atoms with Gasteiger partial charge in [0.1, 0.15) is 11.4 Å². The zero-order valence-electron chi connectivity index (χ0n) is 16.8. The van der Waals surface area contributed by atoms with Crippen molar-refractivity contribution in [3.05, 3.63) is 29.3 Å². The molecule has 0 unspecified atom stereocenters. The summed E-state index contributed by atoms with van der Waals surface area (Å²) in [5, 5.41) is 10.5. The number of nitrogens with zero attached hydrogens (tertiary/aromatic N) is 1. The van der Waals surface area contributed by atoms with E-state index >= 15 is 0 Å². The van der Waals surface area contributed by atoms with Gasteiger partial charge in [-0.15, -0.1) is 24.0 Å². The van der Waals surface area contributed by atoms with Gasteiger partial charge >= 0.3 is 6.18 Å². The molecule has 0 atom stereocenters. The van der Waals surface area contributed by atoms with Crippen molar-refractivity contribution >= 4 is 40.0 Å². The number of ether oxygens (including phenoxy) is 1. The van der Waals surface area contributed by atoms with Crippen molar-refractivity contribution in [3.63, 3.8) is 0 Å². The van der Waals surface area contributed by atoms with Crippen LogP contribution in [0.2, 0.25) is 0 Å². The number of hydrogen-bond acceptors (Lipinski definition) is 4. The highest BCUT2D eigenvalue weighted by molar-refractivity contribution is 14.0. The van der Waals surface area contributed by atoms with Crippen LogP contribution < -0.4 is 20.5 Å². The highest BCUT2D eigenvalue weighted by Crippen LogP contribution is 2.35. The number of aliphatic imine (C=N–C) groups is 1. The number of rotatable bonds is 7. The van der Waals surface area contributed by atoms with E-state index in [0.717, 1.165) is 6.07 Å². The van der Waals surface area contributed by atoms with Gasteiger partial charge < -0.3 is 15.4 Å². The second-order valence-electron chi connectivity index (χ2n) is 7.02. The highest BCUT2D eigenvalue weighted by Gasteiger charge is 2.34. The molecule has 12 heteroatoms. The van der Waals surface area contributed by atoms with Crippen LogP contribution in [-0.2, 0) is 22.7 Å². The van der Waals surface area contributed by atoms with Crippen LogP contribution in [0.4, 0.5) is 13.2 Å². The van der Waals surface area contributed by atoms with E-state index in [1.807, 2.05) is 0 Å². The van der Waals surface area contributed by atoms with Crippen LogP contribution >= 0.6 is 24.0 Å². The first kappa shape index (κ1) is 27.7. The molecule has 0 heterocycles. The third kappa shape index (κ3) is 11.5. The lowest BCUT2D eigenvalue weighted by Gasteiger charge is -2.22. The van der Waals surface area contributed by atoms with E-state index in [1.54, 1.807) is 27.7 Å². The van der Waals surface area contributed by atoms with Crippen LogP contribution in [0.5, 0.6) is 5.75 Å². The average Bonchev–Trinajstić information content (AvgIpc) is 2.49. The van der Waals surface area contributed by atoms with Gasteiger partial charge in [0, 0.05) is 13.1 Å². The Labute approximate surface area is 186 Å². The molecule has 0 aromatic heterocycles. The summed E-state index contributed by atoms with van der Waals surface area (Å²) in [5.41, 5.74) is -1.50. The Hall–Kier alpha value is -1.28. The SMILES string of the molecule is CCNC(=NCc1ccc(OC(C)(C)C)cc1C(F)(F)F)NCCS(N)(=O)=O.I. The summed E-state index contributed by atoms with van der Waals surface area (Å²) in [7, 11) is -3.66. The van der Waals surface area contributed by atoms with Crippen molar-refractivity contribution in [2.75, 3.05) is 18.8 Å². The number of nitrogens with two attached hydrogens (primary N) is 1. The van der Waals surface area contributed by atoms with Gasteiger partial charge in [0.15, 0.2) is 5.96 Å². The van der Waals surface area contributed by atoms with Crippen molar-refractivity contribution in [2.24, 2.45) is 10.1 Å². The molecule has 0 fully saturated rings. The molecule has 0 bridgehead atoms. The molecule has 0 aliphatic carbocycles. The minimum absolute atomic E-state index is 0. The lowest BCUT2D eigenvalue weighted by Crippen LogP contribution is -2.40. The van der Waals surface area contributed by atoms with Crippen molar-refractivity contribution in [1.82, 2.24) is 10.6 Å². The maximum atomic E-state index is 13.5. The van der Waals surface area contributed by atoms with Gasteiger partial charge in [0.2, 0.25) is 10.0 Å². The molecule has 0 aliphatic rings. The Morgan fingerprint density at radius 2 is 1.83 bits per heavy atom. The van der Waals surface area contributed by atoms with Crippen molar-refractivity contribution < 1.29 is 26.3 Å². The molecular weight excluding hydrogens is 524 g/mol. The predicted molar refractivity (Wildman–Crippen MR) is 118 cm³/mol. The molecule has 0 amide bonds. The molecule has 7 nitrogen and oxygen atoms in total. The number of halogens is 4. The molecule has 0 saturated heterocycles. The summed E-state index contributed by atoms with van der Waals surface area (Å²) in [6.07, 6.45) is -4.57. The van der Waals surface area contributed by atoms with Crippen LogP contribution in [0.25, 0.3) is 0 Å². The maximum absolute atomic E-state index is 13.5. The average molecular weight is 552 g/mol. The first-order valence-electron chi connectivity index (χ1n) is 8.63. The largest absolute Gasteiger partial charge is 0.488 e. The molecule has 29 heavy (non-hydrogen) atoms. The summed E-state index contributed by atoms with van der Waals surface area (Å²) in [6, 6.07) is 3.74. The van der Waals surface area contributed by atoms with E-state index in [4.69, 9.17) is 9.88 Å². The van der Waals surface area contributed by atoms with Crippen LogP contribution in [0.3, 0.4) is 0 Å². The number of alkyl halides is 3. The third-order valence-electron chi connectivity index (χ3n) is 3.24. The Morgan fingerprint density at radius 1 is 1.21 bits per heavy atom. The number of nitrogens with one attached hydrogen (secondary N) is 2. The highest BCUT2D eigenvalue weighted by atomic mass is 127. The van der Waals surface area contributed by atoms with Crippen LogP contribution in [-0.4, -0.2) is 38.8 Å². The molecule has 0 radical (unpaired) electrons. The van der Waals surface area contributed by atoms with Crippen LogP contribution in [0.1, 0.15) is 38.8 Å². The smallest absolute Gasteiger partial charge is 0.416 e. The monoisotopic (exact) mass is 552 g/mol. The molecule has 4 N–H and O–H groups in total. The summed E-state index contributed by atoms with van der Waals surface area (Å²) >= 11 is 0. The van der Waals surface area contributed by atoms with Gasteiger partial charge in [-0.05, 0) is 45.4 Å². The van der Waals surface area contributed by atoms with Gasteiger partial charge in [-0.25, -0.2) is 18.5 Å². The number of guanidine groups is 1. The standard InChI is InChI=1S/C17H27F3N4O3S.HI/c1-5-22-15(23-8-9-28(21,25)26)24-11-12-6-7-13(27-16(2,3)4)10-14(12)17(18,19)20;/h6-7,10H,5,8-9,11H2,1-4H3,(H2,21,25,26)(H2,22,23,24);1H. The lowest BCUT2D eigenvalue weighted by atomic mass is 10.1. The van der Waals surface area contributed by atoms with Crippen molar-refractivity contribution in [1.29, 1.82) is 0 Å². The van der Waals surface area contributed by atoms with E-state index in [2.05, 4.69) is 15.6 Å². The molecule has 0 spiro atoms.